The van der Waals surface area contributed by atoms with Crippen LogP contribution in [-0.4, -0.2) is 28.3 Å². The van der Waals surface area contributed by atoms with Gasteiger partial charge in [-0.2, -0.15) is 5.10 Å². The molecule has 3 N–H and O–H groups in total. The van der Waals surface area contributed by atoms with E-state index in [1.54, 1.807) is 6.20 Å². The van der Waals surface area contributed by atoms with Gasteiger partial charge in [-0.15, -0.1) is 0 Å². The summed E-state index contributed by atoms with van der Waals surface area (Å²) in [4.78, 5) is 11.4. The van der Waals surface area contributed by atoms with Crippen molar-refractivity contribution in [3.63, 3.8) is 0 Å². The second-order valence-electron chi connectivity index (χ2n) is 4.29. The van der Waals surface area contributed by atoms with Gasteiger partial charge in [-0.3, -0.25) is 9.48 Å². The lowest BCUT2D eigenvalue weighted by molar-refractivity contribution is -0.120. The first-order valence-electron chi connectivity index (χ1n) is 6.15. The summed E-state index contributed by atoms with van der Waals surface area (Å²) in [6.07, 6.45) is 2.76. The van der Waals surface area contributed by atoms with Crippen molar-refractivity contribution in [2.75, 3.05) is 6.54 Å². The maximum absolute atomic E-state index is 11.4. The van der Waals surface area contributed by atoms with E-state index in [2.05, 4.69) is 10.4 Å². The third-order valence-corrected chi connectivity index (χ3v) is 2.89. The summed E-state index contributed by atoms with van der Waals surface area (Å²) in [6, 6.07) is 7.53. The maximum atomic E-state index is 11.4. The molecule has 0 aliphatic heterocycles. The Kier molecular flexibility index (Phi) is 3.94. The van der Waals surface area contributed by atoms with Gasteiger partial charge in [0.15, 0.2) is 0 Å². The van der Waals surface area contributed by atoms with Crippen molar-refractivity contribution in [2.45, 2.75) is 25.9 Å². The molecular weight excluding hydrogens is 228 g/mol. The Morgan fingerprint density at radius 1 is 1.50 bits per heavy atom. The molecule has 1 aromatic heterocycles. The van der Waals surface area contributed by atoms with Crippen molar-refractivity contribution in [3.8, 4) is 0 Å². The smallest absolute Gasteiger partial charge is 0.236 e. The topological polar surface area (TPSA) is 72.9 Å². The van der Waals surface area contributed by atoms with Crippen LogP contribution in [0.2, 0.25) is 0 Å². The van der Waals surface area contributed by atoms with Gasteiger partial charge >= 0.3 is 0 Å². The van der Waals surface area contributed by atoms with Crippen LogP contribution in [0.1, 0.15) is 13.3 Å². The third kappa shape index (κ3) is 2.68. The Hall–Kier alpha value is -1.88. The van der Waals surface area contributed by atoms with Crippen molar-refractivity contribution in [1.29, 1.82) is 0 Å². The summed E-state index contributed by atoms with van der Waals surface area (Å²) in [5.74, 6) is -0.344. The Morgan fingerprint density at radius 3 is 3.00 bits per heavy atom. The van der Waals surface area contributed by atoms with Crippen LogP contribution in [0.4, 0.5) is 0 Å². The predicted octanol–water partition coefficient (Wildman–Crippen LogP) is 0.890. The van der Waals surface area contributed by atoms with Crippen LogP contribution in [0.15, 0.2) is 30.5 Å². The number of nitrogens with zero attached hydrogens (tertiary/aromatic N) is 2. The standard InChI is InChI=1S/C13H18N4O/c1-2-7-15-11(13(14)18)9-17-12-6-4-3-5-10(12)8-16-17/h3-6,8,11,15H,2,7,9H2,1H3,(H2,14,18). The molecule has 1 aromatic carbocycles. The molecule has 96 valence electrons. The van der Waals surface area contributed by atoms with E-state index in [0.29, 0.717) is 6.54 Å². The molecule has 0 saturated carbocycles. The summed E-state index contributed by atoms with van der Waals surface area (Å²) in [6.45, 7) is 3.28. The van der Waals surface area contributed by atoms with E-state index >= 15 is 0 Å². The number of benzene rings is 1. The molecule has 2 rings (SSSR count). The van der Waals surface area contributed by atoms with Gasteiger partial charge in [0.2, 0.25) is 5.91 Å². The number of carbonyl (C=O) groups excluding carboxylic acids is 1. The van der Waals surface area contributed by atoms with Crippen LogP contribution < -0.4 is 11.1 Å². The van der Waals surface area contributed by atoms with Crippen LogP contribution in [0.3, 0.4) is 0 Å². The zero-order valence-corrected chi connectivity index (χ0v) is 10.5. The largest absolute Gasteiger partial charge is 0.368 e. The van der Waals surface area contributed by atoms with Crippen LogP contribution in [0.25, 0.3) is 10.9 Å². The summed E-state index contributed by atoms with van der Waals surface area (Å²) in [5, 5.41) is 8.50. The third-order valence-electron chi connectivity index (χ3n) is 2.89. The molecule has 1 unspecified atom stereocenters. The van der Waals surface area contributed by atoms with Gasteiger partial charge in [0.1, 0.15) is 6.04 Å². The van der Waals surface area contributed by atoms with Crippen LogP contribution in [-0.2, 0) is 11.3 Å². The average molecular weight is 246 g/mol. The number of nitrogens with two attached hydrogens (primary N) is 1. The molecule has 1 heterocycles. The van der Waals surface area contributed by atoms with Gasteiger partial charge in [-0.25, -0.2) is 0 Å². The number of rotatable bonds is 6. The van der Waals surface area contributed by atoms with Gasteiger partial charge in [0.25, 0.3) is 0 Å². The Labute approximate surface area is 106 Å². The Balaban J connectivity index is 2.18. The van der Waals surface area contributed by atoms with Gasteiger partial charge in [0, 0.05) is 5.39 Å². The Morgan fingerprint density at radius 2 is 2.28 bits per heavy atom. The lowest BCUT2D eigenvalue weighted by Gasteiger charge is -2.15. The fraction of sp³-hybridized carbons (Fsp3) is 0.385. The van der Waals surface area contributed by atoms with Crippen LogP contribution >= 0.6 is 0 Å². The van der Waals surface area contributed by atoms with E-state index in [4.69, 9.17) is 5.73 Å². The number of para-hydroxylation sites is 1. The second-order valence-corrected chi connectivity index (χ2v) is 4.29. The van der Waals surface area contributed by atoms with Gasteiger partial charge in [-0.1, -0.05) is 25.1 Å². The average Bonchev–Trinajstić information content (AvgIpc) is 2.77. The van der Waals surface area contributed by atoms with E-state index in [1.165, 1.54) is 0 Å². The highest BCUT2D eigenvalue weighted by Crippen LogP contribution is 2.12. The lowest BCUT2D eigenvalue weighted by atomic mass is 10.2. The summed E-state index contributed by atoms with van der Waals surface area (Å²) < 4.78 is 1.81. The van der Waals surface area contributed by atoms with E-state index in [9.17, 15) is 4.79 Å². The van der Waals surface area contributed by atoms with Crippen molar-refractivity contribution in [2.24, 2.45) is 5.73 Å². The van der Waals surface area contributed by atoms with Crippen LogP contribution in [0.5, 0.6) is 0 Å². The highest BCUT2D eigenvalue weighted by atomic mass is 16.1. The molecule has 5 nitrogen and oxygen atoms in total. The molecule has 0 bridgehead atoms. The zero-order valence-electron chi connectivity index (χ0n) is 10.5. The molecule has 5 heteroatoms. The van der Waals surface area contributed by atoms with E-state index in [1.807, 2.05) is 35.9 Å². The van der Waals surface area contributed by atoms with E-state index in [-0.39, 0.29) is 11.9 Å². The lowest BCUT2D eigenvalue weighted by Crippen LogP contribution is -2.44. The quantitative estimate of drug-likeness (QED) is 0.795. The summed E-state index contributed by atoms with van der Waals surface area (Å²) in [7, 11) is 0. The van der Waals surface area contributed by atoms with E-state index < -0.39 is 0 Å². The van der Waals surface area contributed by atoms with Crippen molar-refractivity contribution in [1.82, 2.24) is 15.1 Å². The molecule has 0 aliphatic carbocycles. The monoisotopic (exact) mass is 246 g/mol. The first-order chi connectivity index (χ1) is 8.72. The first kappa shape index (κ1) is 12.6. The zero-order chi connectivity index (χ0) is 13.0. The number of carbonyl (C=O) groups is 1. The Bertz CT molecular complexity index is 535. The van der Waals surface area contributed by atoms with Gasteiger partial charge in [-0.05, 0) is 19.0 Å². The molecule has 0 aliphatic rings. The van der Waals surface area contributed by atoms with Crippen molar-refractivity contribution in [3.05, 3.63) is 30.5 Å². The molecule has 0 radical (unpaired) electrons. The highest BCUT2D eigenvalue weighted by Gasteiger charge is 2.16. The van der Waals surface area contributed by atoms with Crippen molar-refractivity contribution >= 4 is 16.8 Å². The second kappa shape index (κ2) is 5.64. The first-order valence-corrected chi connectivity index (χ1v) is 6.15. The number of nitrogens with one attached hydrogen (secondary N) is 1. The molecule has 0 fully saturated rings. The normalized spacial score (nSPS) is 12.7. The molecule has 0 spiro atoms. The maximum Gasteiger partial charge on any atom is 0.236 e. The molecule has 18 heavy (non-hydrogen) atoms. The predicted molar refractivity (Wildman–Crippen MR) is 71.0 cm³/mol. The number of hydrogen-bond acceptors (Lipinski definition) is 3. The number of aromatic nitrogens is 2. The fourth-order valence-electron chi connectivity index (χ4n) is 1.92. The molecular formula is C13H18N4O. The fourth-order valence-corrected chi connectivity index (χ4v) is 1.92. The van der Waals surface area contributed by atoms with Crippen LogP contribution in [0, 0.1) is 0 Å². The minimum atomic E-state index is -0.381. The summed E-state index contributed by atoms with van der Waals surface area (Å²) >= 11 is 0. The number of amides is 1. The minimum absolute atomic E-state index is 0.344. The number of hydrogen-bond donors (Lipinski definition) is 2. The van der Waals surface area contributed by atoms with Crippen molar-refractivity contribution < 1.29 is 4.79 Å². The van der Waals surface area contributed by atoms with E-state index in [0.717, 1.165) is 23.9 Å². The van der Waals surface area contributed by atoms with Gasteiger partial charge in [0.05, 0.1) is 18.3 Å². The highest BCUT2D eigenvalue weighted by molar-refractivity contribution is 5.81. The molecule has 1 amide bonds. The van der Waals surface area contributed by atoms with Gasteiger partial charge < -0.3 is 11.1 Å². The molecule has 0 saturated heterocycles. The minimum Gasteiger partial charge on any atom is -0.368 e. The summed E-state index contributed by atoms with van der Waals surface area (Å²) in [5.41, 5.74) is 6.41. The SMILES string of the molecule is CCCNC(Cn1ncc2ccccc21)C(N)=O. The molecule has 1 atom stereocenters. The number of fused-ring (bicyclic) bond motifs is 1. The molecule has 2 aromatic rings. The number of primary amides is 1.